The monoisotopic (exact) mass is 277 g/mol. The quantitative estimate of drug-likeness (QED) is 0.906. The van der Waals surface area contributed by atoms with Gasteiger partial charge in [0.2, 0.25) is 0 Å². The molecule has 2 aromatic carbocycles. The van der Waals surface area contributed by atoms with Crippen molar-refractivity contribution in [1.82, 2.24) is 0 Å². The van der Waals surface area contributed by atoms with Crippen LogP contribution in [0.5, 0.6) is 5.75 Å². The largest absolute Gasteiger partial charge is 0.507 e. The Balaban J connectivity index is 2.43. The number of benzene rings is 2. The van der Waals surface area contributed by atoms with Crippen LogP contribution in [0, 0.1) is 13.8 Å². The highest BCUT2D eigenvalue weighted by Crippen LogP contribution is 2.26. The molecule has 0 aliphatic rings. The van der Waals surface area contributed by atoms with Crippen LogP contribution in [0.1, 0.15) is 11.1 Å². The molecule has 0 heterocycles. The molecule has 0 aliphatic carbocycles. The second kappa shape index (κ2) is 4.93. The molecule has 0 aliphatic heterocycles. The number of anilines is 1. The van der Waals surface area contributed by atoms with Crippen LogP contribution in [0.15, 0.2) is 47.4 Å². The summed E-state index contributed by atoms with van der Waals surface area (Å²) in [6.45, 7) is 3.76. The summed E-state index contributed by atoms with van der Waals surface area (Å²) in [5.41, 5.74) is 2.38. The molecular weight excluding hydrogens is 262 g/mol. The first-order valence-electron chi connectivity index (χ1n) is 5.79. The Morgan fingerprint density at radius 2 is 1.68 bits per heavy atom. The van der Waals surface area contributed by atoms with E-state index in [-0.39, 0.29) is 10.6 Å². The third-order valence-corrected chi connectivity index (χ3v) is 4.42. The lowest BCUT2D eigenvalue weighted by Crippen LogP contribution is -2.14. The summed E-state index contributed by atoms with van der Waals surface area (Å²) >= 11 is 0. The maximum atomic E-state index is 12.2. The Hall–Kier alpha value is -2.01. The molecule has 0 fully saturated rings. The van der Waals surface area contributed by atoms with E-state index in [4.69, 9.17) is 0 Å². The smallest absolute Gasteiger partial charge is 0.265 e. The average Bonchev–Trinajstić information content (AvgIpc) is 2.35. The van der Waals surface area contributed by atoms with E-state index >= 15 is 0 Å². The van der Waals surface area contributed by atoms with E-state index in [9.17, 15) is 13.5 Å². The molecule has 5 heteroatoms. The normalized spacial score (nSPS) is 11.3. The van der Waals surface area contributed by atoms with Gasteiger partial charge in [-0.1, -0.05) is 24.3 Å². The summed E-state index contributed by atoms with van der Waals surface area (Å²) in [4.78, 5) is -0.129. The van der Waals surface area contributed by atoms with Gasteiger partial charge in [0.05, 0.1) is 5.69 Å². The highest BCUT2D eigenvalue weighted by atomic mass is 32.2. The van der Waals surface area contributed by atoms with Crippen LogP contribution in [-0.2, 0) is 10.0 Å². The number of hydrogen-bond acceptors (Lipinski definition) is 3. The number of hydrogen-bond donors (Lipinski definition) is 2. The lowest BCUT2D eigenvalue weighted by molar-refractivity contribution is 0.459. The molecule has 0 amide bonds. The zero-order chi connectivity index (χ0) is 14.0. The van der Waals surface area contributed by atoms with Crippen LogP contribution in [-0.4, -0.2) is 13.5 Å². The molecule has 2 N–H and O–H groups in total. The summed E-state index contributed by atoms with van der Waals surface area (Å²) in [5.74, 6) is -0.264. The molecule has 100 valence electrons. The van der Waals surface area contributed by atoms with Crippen molar-refractivity contribution in [3.63, 3.8) is 0 Å². The van der Waals surface area contributed by atoms with Gasteiger partial charge in [-0.05, 0) is 43.2 Å². The van der Waals surface area contributed by atoms with Gasteiger partial charge in [-0.25, -0.2) is 8.42 Å². The molecule has 0 spiro atoms. The van der Waals surface area contributed by atoms with Crippen molar-refractivity contribution in [1.29, 1.82) is 0 Å². The summed E-state index contributed by atoms with van der Waals surface area (Å²) in [6, 6.07) is 11.2. The highest BCUT2D eigenvalue weighted by Gasteiger charge is 2.18. The molecule has 0 atom stereocenters. The van der Waals surface area contributed by atoms with Gasteiger partial charge < -0.3 is 5.11 Å². The van der Waals surface area contributed by atoms with Crippen molar-refractivity contribution >= 4 is 15.7 Å². The molecule has 0 saturated carbocycles. The fourth-order valence-corrected chi connectivity index (χ4v) is 2.97. The fraction of sp³-hybridized carbons (Fsp3) is 0.143. The summed E-state index contributed by atoms with van der Waals surface area (Å²) in [6.07, 6.45) is 0. The minimum atomic E-state index is -3.78. The van der Waals surface area contributed by atoms with Gasteiger partial charge in [0.1, 0.15) is 10.6 Å². The Morgan fingerprint density at radius 1 is 1.00 bits per heavy atom. The number of aryl methyl sites for hydroxylation is 1. The summed E-state index contributed by atoms with van der Waals surface area (Å²) in [7, 11) is -3.78. The molecule has 0 unspecified atom stereocenters. The number of sulfonamides is 1. The van der Waals surface area contributed by atoms with E-state index in [0.717, 1.165) is 11.1 Å². The average molecular weight is 277 g/mol. The molecule has 0 aromatic heterocycles. The van der Waals surface area contributed by atoms with Crippen LogP contribution in [0.25, 0.3) is 0 Å². The van der Waals surface area contributed by atoms with Gasteiger partial charge in [0.15, 0.2) is 0 Å². The van der Waals surface area contributed by atoms with E-state index in [2.05, 4.69) is 4.72 Å². The third kappa shape index (κ3) is 2.71. The maximum absolute atomic E-state index is 12.2. The zero-order valence-corrected chi connectivity index (χ0v) is 11.5. The number of rotatable bonds is 3. The van der Waals surface area contributed by atoms with Crippen molar-refractivity contribution in [2.24, 2.45) is 0 Å². The van der Waals surface area contributed by atoms with Gasteiger partial charge in [-0.2, -0.15) is 0 Å². The first kappa shape index (κ1) is 13.4. The number of phenols is 1. The van der Waals surface area contributed by atoms with Crippen LogP contribution in [0.3, 0.4) is 0 Å². The molecule has 0 bridgehead atoms. The van der Waals surface area contributed by atoms with Gasteiger partial charge in [0, 0.05) is 0 Å². The van der Waals surface area contributed by atoms with Crippen LogP contribution in [0.2, 0.25) is 0 Å². The lowest BCUT2D eigenvalue weighted by atomic mass is 10.1. The van der Waals surface area contributed by atoms with Gasteiger partial charge in [-0.3, -0.25) is 4.72 Å². The lowest BCUT2D eigenvalue weighted by Gasteiger charge is -2.12. The predicted octanol–water partition coefficient (Wildman–Crippen LogP) is 2.81. The number of aromatic hydroxyl groups is 1. The summed E-state index contributed by atoms with van der Waals surface area (Å²) < 4.78 is 26.9. The zero-order valence-electron chi connectivity index (χ0n) is 10.7. The van der Waals surface area contributed by atoms with Crippen molar-refractivity contribution in [3.8, 4) is 5.75 Å². The van der Waals surface area contributed by atoms with E-state index in [1.807, 2.05) is 19.9 Å². The fourth-order valence-electron chi connectivity index (χ4n) is 1.75. The van der Waals surface area contributed by atoms with E-state index in [0.29, 0.717) is 5.69 Å². The van der Waals surface area contributed by atoms with Crippen LogP contribution in [0.4, 0.5) is 5.69 Å². The molecule has 0 radical (unpaired) electrons. The van der Waals surface area contributed by atoms with Crippen molar-refractivity contribution < 1.29 is 13.5 Å². The van der Waals surface area contributed by atoms with E-state index in [1.54, 1.807) is 24.3 Å². The van der Waals surface area contributed by atoms with Crippen LogP contribution >= 0.6 is 0 Å². The van der Waals surface area contributed by atoms with Crippen molar-refractivity contribution in [2.45, 2.75) is 18.7 Å². The van der Waals surface area contributed by atoms with Crippen molar-refractivity contribution in [2.75, 3.05) is 4.72 Å². The van der Waals surface area contributed by atoms with Crippen LogP contribution < -0.4 is 4.72 Å². The molecule has 0 saturated heterocycles. The van der Waals surface area contributed by atoms with Crippen molar-refractivity contribution in [3.05, 3.63) is 53.6 Å². The minimum absolute atomic E-state index is 0.129. The van der Waals surface area contributed by atoms with E-state index in [1.165, 1.54) is 12.1 Å². The first-order valence-corrected chi connectivity index (χ1v) is 7.27. The Kier molecular flexibility index (Phi) is 3.48. The molecular formula is C14H15NO3S. The van der Waals surface area contributed by atoms with E-state index < -0.39 is 10.0 Å². The topological polar surface area (TPSA) is 66.4 Å². The second-order valence-corrected chi connectivity index (χ2v) is 5.97. The van der Waals surface area contributed by atoms with Gasteiger partial charge in [-0.15, -0.1) is 0 Å². The standard InChI is InChI=1S/C14H15NO3S/c1-10-6-5-7-12(11(10)2)15-19(17,18)14-9-4-3-8-13(14)16/h3-9,15-16H,1-2H3. The van der Waals surface area contributed by atoms with Gasteiger partial charge >= 0.3 is 0 Å². The predicted molar refractivity (Wildman–Crippen MR) is 74.8 cm³/mol. The highest BCUT2D eigenvalue weighted by molar-refractivity contribution is 7.92. The third-order valence-electron chi connectivity index (χ3n) is 3.00. The number of para-hydroxylation sites is 1. The Bertz CT molecular complexity index is 708. The SMILES string of the molecule is Cc1cccc(NS(=O)(=O)c2ccccc2O)c1C. The first-order chi connectivity index (χ1) is 8.92. The summed E-state index contributed by atoms with van der Waals surface area (Å²) in [5, 5.41) is 9.63. The second-order valence-electron chi connectivity index (χ2n) is 4.32. The number of nitrogens with one attached hydrogen (secondary N) is 1. The molecule has 2 aromatic rings. The Morgan fingerprint density at radius 3 is 2.37 bits per heavy atom. The molecule has 4 nitrogen and oxygen atoms in total. The maximum Gasteiger partial charge on any atom is 0.265 e. The molecule has 19 heavy (non-hydrogen) atoms. The minimum Gasteiger partial charge on any atom is -0.507 e. The number of phenolic OH excluding ortho intramolecular Hbond substituents is 1. The van der Waals surface area contributed by atoms with Gasteiger partial charge in [0.25, 0.3) is 10.0 Å². The molecule has 2 rings (SSSR count). The Labute approximate surface area is 112 Å².